The van der Waals surface area contributed by atoms with Gasteiger partial charge >= 0.3 is 0 Å². The van der Waals surface area contributed by atoms with Crippen molar-refractivity contribution in [2.75, 3.05) is 18.0 Å². The number of nitrogens with one attached hydrogen (secondary N) is 1. The molecule has 112 valence electrons. The Kier molecular flexibility index (Phi) is 3.86. The molecular formula is C15H21N5O. The predicted molar refractivity (Wildman–Crippen MR) is 80.0 cm³/mol. The first kappa shape index (κ1) is 14.0. The highest BCUT2D eigenvalue weighted by Gasteiger charge is 2.33. The molecule has 0 spiro atoms. The van der Waals surface area contributed by atoms with Crippen LogP contribution in [0.5, 0.6) is 0 Å². The molecule has 0 saturated carbocycles. The van der Waals surface area contributed by atoms with Crippen molar-refractivity contribution >= 4 is 11.7 Å². The van der Waals surface area contributed by atoms with Crippen LogP contribution in [0.3, 0.4) is 0 Å². The molecule has 21 heavy (non-hydrogen) atoms. The first-order valence-corrected chi connectivity index (χ1v) is 7.55. The number of amides is 1. The predicted octanol–water partition coefficient (Wildman–Crippen LogP) is 2.26. The highest BCUT2D eigenvalue weighted by Crippen LogP contribution is 2.31. The third-order valence-corrected chi connectivity index (χ3v) is 4.00. The van der Waals surface area contributed by atoms with E-state index in [4.69, 9.17) is 0 Å². The quantitative estimate of drug-likeness (QED) is 0.872. The fourth-order valence-corrected chi connectivity index (χ4v) is 2.51. The van der Waals surface area contributed by atoms with Gasteiger partial charge in [0.05, 0.1) is 0 Å². The number of rotatable bonds is 6. The second-order valence-electron chi connectivity index (χ2n) is 5.91. The molecule has 6 heteroatoms. The summed E-state index contributed by atoms with van der Waals surface area (Å²) in [6.45, 7) is 4.64. The Hall–Kier alpha value is -1.98. The molecule has 0 aliphatic carbocycles. The van der Waals surface area contributed by atoms with Gasteiger partial charge in [0.2, 0.25) is 5.91 Å². The zero-order chi connectivity index (χ0) is 14.7. The lowest BCUT2D eigenvalue weighted by Gasteiger charge is -2.17. The Morgan fingerprint density at radius 1 is 1.38 bits per heavy atom. The maximum absolute atomic E-state index is 11.8. The topological polar surface area (TPSA) is 70.0 Å². The molecule has 0 atom stereocenters. The van der Waals surface area contributed by atoms with E-state index in [1.54, 1.807) is 0 Å². The van der Waals surface area contributed by atoms with Gasteiger partial charge in [-0.05, 0) is 37.5 Å². The Balaban J connectivity index is 1.48. The molecule has 1 saturated heterocycles. The summed E-state index contributed by atoms with van der Waals surface area (Å²) in [6.07, 6.45) is 5.44. The van der Waals surface area contributed by atoms with E-state index in [9.17, 15) is 4.79 Å². The Morgan fingerprint density at radius 2 is 2.14 bits per heavy atom. The average molecular weight is 287 g/mol. The summed E-state index contributed by atoms with van der Waals surface area (Å²) in [5.41, 5.74) is 0.795. The van der Waals surface area contributed by atoms with Crippen LogP contribution in [0.25, 0.3) is 0 Å². The standard InChI is InChI=1S/C15H21N5O/c1-15(18-19-15)6-4-14(21)17-11-12-5-7-16-13(10-12)20-8-2-3-9-20/h5,7,10H,2-4,6,8-9,11H2,1H3,(H,17,21). The van der Waals surface area contributed by atoms with Gasteiger partial charge < -0.3 is 10.2 Å². The van der Waals surface area contributed by atoms with E-state index >= 15 is 0 Å². The fourth-order valence-electron chi connectivity index (χ4n) is 2.51. The van der Waals surface area contributed by atoms with Gasteiger partial charge in [-0.3, -0.25) is 4.79 Å². The number of carbonyl (C=O) groups is 1. The van der Waals surface area contributed by atoms with E-state index in [0.29, 0.717) is 19.4 Å². The molecule has 2 aliphatic heterocycles. The van der Waals surface area contributed by atoms with Gasteiger partial charge in [0, 0.05) is 38.7 Å². The van der Waals surface area contributed by atoms with E-state index in [2.05, 4.69) is 31.5 Å². The van der Waals surface area contributed by atoms with Crippen LogP contribution >= 0.6 is 0 Å². The van der Waals surface area contributed by atoms with E-state index in [-0.39, 0.29) is 11.6 Å². The van der Waals surface area contributed by atoms with Crippen LogP contribution in [0, 0.1) is 0 Å². The Labute approximate surface area is 124 Å². The van der Waals surface area contributed by atoms with Gasteiger partial charge in [0.15, 0.2) is 5.66 Å². The minimum atomic E-state index is -0.295. The number of nitrogens with zero attached hydrogens (tertiary/aromatic N) is 4. The van der Waals surface area contributed by atoms with Crippen molar-refractivity contribution < 1.29 is 4.79 Å². The van der Waals surface area contributed by atoms with Crippen LogP contribution in [0.15, 0.2) is 28.6 Å². The van der Waals surface area contributed by atoms with Gasteiger partial charge in [0.1, 0.15) is 5.82 Å². The minimum absolute atomic E-state index is 0.0491. The maximum Gasteiger partial charge on any atom is 0.220 e. The lowest BCUT2D eigenvalue weighted by Crippen LogP contribution is -2.24. The van der Waals surface area contributed by atoms with Gasteiger partial charge in [-0.15, -0.1) is 0 Å². The van der Waals surface area contributed by atoms with Crippen LogP contribution in [0.4, 0.5) is 5.82 Å². The molecule has 0 bridgehead atoms. The minimum Gasteiger partial charge on any atom is -0.357 e. The first-order valence-electron chi connectivity index (χ1n) is 7.55. The van der Waals surface area contributed by atoms with Crippen LogP contribution in [-0.4, -0.2) is 29.6 Å². The van der Waals surface area contributed by atoms with Crippen molar-refractivity contribution in [1.29, 1.82) is 0 Å². The summed E-state index contributed by atoms with van der Waals surface area (Å²) in [5.74, 6) is 1.07. The Morgan fingerprint density at radius 3 is 2.86 bits per heavy atom. The summed E-state index contributed by atoms with van der Waals surface area (Å²) < 4.78 is 0. The van der Waals surface area contributed by atoms with Gasteiger partial charge in [-0.1, -0.05) is 0 Å². The van der Waals surface area contributed by atoms with Crippen LogP contribution < -0.4 is 10.2 Å². The summed E-state index contributed by atoms with van der Waals surface area (Å²) in [4.78, 5) is 18.5. The number of hydrogen-bond acceptors (Lipinski definition) is 5. The Bertz CT molecular complexity index is 545. The largest absolute Gasteiger partial charge is 0.357 e. The smallest absolute Gasteiger partial charge is 0.220 e. The van der Waals surface area contributed by atoms with Crippen molar-refractivity contribution in [3.63, 3.8) is 0 Å². The molecule has 1 amide bonds. The van der Waals surface area contributed by atoms with Crippen molar-refractivity contribution in [2.45, 2.75) is 44.8 Å². The first-order chi connectivity index (χ1) is 10.1. The molecule has 1 aromatic heterocycles. The van der Waals surface area contributed by atoms with Crippen molar-refractivity contribution in [2.24, 2.45) is 10.2 Å². The van der Waals surface area contributed by atoms with E-state index < -0.39 is 0 Å². The highest BCUT2D eigenvalue weighted by atomic mass is 16.1. The average Bonchev–Trinajstić information content (AvgIpc) is 3.02. The lowest BCUT2D eigenvalue weighted by molar-refractivity contribution is -0.121. The molecule has 0 aromatic carbocycles. The zero-order valence-corrected chi connectivity index (χ0v) is 12.4. The number of anilines is 1. The SMILES string of the molecule is CC1(CCC(=O)NCc2ccnc(N3CCCC3)c2)N=N1. The summed E-state index contributed by atoms with van der Waals surface area (Å²) in [7, 11) is 0. The molecule has 1 N–H and O–H groups in total. The van der Waals surface area contributed by atoms with Gasteiger partial charge in [0.25, 0.3) is 0 Å². The van der Waals surface area contributed by atoms with E-state index in [0.717, 1.165) is 24.5 Å². The molecule has 6 nitrogen and oxygen atoms in total. The summed E-state index contributed by atoms with van der Waals surface area (Å²) in [6, 6.07) is 4.02. The maximum atomic E-state index is 11.8. The van der Waals surface area contributed by atoms with Crippen LogP contribution in [0.1, 0.15) is 38.2 Å². The lowest BCUT2D eigenvalue weighted by atomic mass is 10.1. The van der Waals surface area contributed by atoms with E-state index in [1.807, 2.05) is 19.2 Å². The fraction of sp³-hybridized carbons (Fsp3) is 0.600. The highest BCUT2D eigenvalue weighted by molar-refractivity contribution is 5.76. The molecule has 1 fully saturated rings. The number of carbonyl (C=O) groups excluding carboxylic acids is 1. The molecule has 0 unspecified atom stereocenters. The monoisotopic (exact) mass is 287 g/mol. The number of hydrogen-bond donors (Lipinski definition) is 1. The van der Waals surface area contributed by atoms with E-state index in [1.165, 1.54) is 12.8 Å². The molecule has 3 rings (SSSR count). The second-order valence-corrected chi connectivity index (χ2v) is 5.91. The summed E-state index contributed by atoms with van der Waals surface area (Å²) in [5, 5.41) is 10.8. The second kappa shape index (κ2) is 5.79. The summed E-state index contributed by atoms with van der Waals surface area (Å²) >= 11 is 0. The normalized spacial score (nSPS) is 18.8. The van der Waals surface area contributed by atoms with Crippen molar-refractivity contribution in [3.8, 4) is 0 Å². The van der Waals surface area contributed by atoms with Crippen molar-refractivity contribution in [3.05, 3.63) is 23.9 Å². The van der Waals surface area contributed by atoms with Crippen LogP contribution in [0.2, 0.25) is 0 Å². The van der Waals surface area contributed by atoms with Gasteiger partial charge in [-0.2, -0.15) is 10.2 Å². The molecule has 1 aromatic rings. The molecule has 2 aliphatic rings. The molecule has 3 heterocycles. The third kappa shape index (κ3) is 3.77. The zero-order valence-electron chi connectivity index (χ0n) is 12.4. The number of aromatic nitrogens is 1. The number of pyridine rings is 1. The molecular weight excluding hydrogens is 266 g/mol. The van der Waals surface area contributed by atoms with Crippen LogP contribution in [-0.2, 0) is 11.3 Å². The van der Waals surface area contributed by atoms with Crippen molar-refractivity contribution in [1.82, 2.24) is 10.3 Å². The van der Waals surface area contributed by atoms with Gasteiger partial charge in [-0.25, -0.2) is 4.98 Å². The molecule has 0 radical (unpaired) electrons. The third-order valence-electron chi connectivity index (χ3n) is 4.00.